The van der Waals surface area contributed by atoms with Gasteiger partial charge in [-0.15, -0.1) is 0 Å². The molecule has 0 radical (unpaired) electrons. The molecule has 3 nitrogen and oxygen atoms in total. The molecule has 1 aromatic carbocycles. The van der Waals surface area contributed by atoms with Crippen LogP contribution in [0.15, 0.2) is 18.2 Å². The second-order valence-electron chi connectivity index (χ2n) is 2.86. The Labute approximate surface area is 88.9 Å². The molecule has 0 saturated heterocycles. The van der Waals surface area contributed by atoms with Crippen molar-refractivity contribution in [2.45, 2.75) is 12.3 Å². The van der Waals surface area contributed by atoms with Gasteiger partial charge < -0.3 is 10.2 Å². The van der Waals surface area contributed by atoms with Gasteiger partial charge in [0.25, 0.3) is 0 Å². The van der Waals surface area contributed by atoms with Crippen molar-refractivity contribution in [1.82, 2.24) is 0 Å². The van der Waals surface area contributed by atoms with Crippen molar-refractivity contribution in [2.75, 3.05) is 0 Å². The van der Waals surface area contributed by atoms with E-state index in [1.165, 1.54) is 0 Å². The summed E-state index contributed by atoms with van der Waals surface area (Å²) in [5.74, 6) is -2.51. The second-order valence-corrected chi connectivity index (χ2v) is 3.27. The molecule has 0 aliphatic rings. The van der Waals surface area contributed by atoms with Crippen molar-refractivity contribution >= 4 is 17.6 Å². The van der Waals surface area contributed by atoms with Gasteiger partial charge in [-0.25, -0.2) is 13.6 Å². The lowest BCUT2D eigenvalue weighted by atomic mass is 10.1. The Kier molecular flexibility index (Phi) is 3.60. The van der Waals surface area contributed by atoms with Crippen LogP contribution in [-0.4, -0.2) is 22.4 Å². The van der Waals surface area contributed by atoms with Gasteiger partial charge in [-0.3, -0.25) is 0 Å². The molecule has 2 unspecified atom stereocenters. The Morgan fingerprint density at radius 3 is 2.53 bits per heavy atom. The number of halogens is 3. The molecule has 0 amide bonds. The summed E-state index contributed by atoms with van der Waals surface area (Å²) in [4.78, 5) is 10.2. The summed E-state index contributed by atoms with van der Waals surface area (Å²) in [6.07, 6.45) is -4.33. The number of alkyl halides is 1. The molecule has 0 bridgehead atoms. The van der Waals surface area contributed by atoms with E-state index >= 15 is 0 Å². The minimum Gasteiger partial charge on any atom is -0.479 e. The number of rotatable bonds is 3. The molecule has 2 N–H and O–H groups in total. The van der Waals surface area contributed by atoms with E-state index in [2.05, 4.69) is 0 Å². The lowest BCUT2D eigenvalue weighted by molar-refractivity contribution is -0.147. The maximum atomic E-state index is 12.9. The third-order valence-electron chi connectivity index (χ3n) is 1.80. The van der Waals surface area contributed by atoms with E-state index in [0.29, 0.717) is 0 Å². The van der Waals surface area contributed by atoms with Crippen molar-refractivity contribution in [3.8, 4) is 0 Å². The highest BCUT2D eigenvalue weighted by Gasteiger charge is 2.27. The van der Waals surface area contributed by atoms with Gasteiger partial charge >= 0.3 is 5.97 Å². The first-order valence-corrected chi connectivity index (χ1v) is 4.31. The van der Waals surface area contributed by atoms with E-state index in [1.807, 2.05) is 0 Å². The average molecular weight is 237 g/mol. The smallest absolute Gasteiger partial charge is 0.341 e. The zero-order valence-corrected chi connectivity index (χ0v) is 8.08. The van der Waals surface area contributed by atoms with Crippen molar-refractivity contribution in [2.24, 2.45) is 0 Å². The number of hydrogen-bond acceptors (Lipinski definition) is 2. The van der Waals surface area contributed by atoms with Crippen LogP contribution in [0.1, 0.15) is 11.7 Å². The molecule has 0 spiro atoms. The molecule has 0 heterocycles. The normalized spacial score (nSPS) is 14.7. The van der Waals surface area contributed by atoms with E-state index in [-0.39, 0.29) is 10.6 Å². The summed E-state index contributed by atoms with van der Waals surface area (Å²) in [6, 6.07) is 2.98. The summed E-state index contributed by atoms with van der Waals surface area (Å²) >= 11 is 5.39. The fourth-order valence-electron chi connectivity index (χ4n) is 1.00. The van der Waals surface area contributed by atoms with Crippen LogP contribution < -0.4 is 0 Å². The zero-order chi connectivity index (χ0) is 11.6. The second kappa shape index (κ2) is 4.55. The summed E-state index contributed by atoms with van der Waals surface area (Å²) in [6.45, 7) is 0. The standard InChI is InChI=1S/C9H7ClF2O3/c10-5-3-4(1-2-6(5)11)8(13)7(12)9(14)15/h1-3,7-8,13H,(H,14,15). The fourth-order valence-corrected chi connectivity index (χ4v) is 1.19. The predicted octanol–water partition coefficient (Wildman–Crippen LogP) is 1.94. The lowest BCUT2D eigenvalue weighted by Crippen LogP contribution is -2.23. The van der Waals surface area contributed by atoms with Gasteiger partial charge in [0.1, 0.15) is 11.9 Å². The number of carboxylic acids is 1. The van der Waals surface area contributed by atoms with Gasteiger partial charge in [-0.1, -0.05) is 17.7 Å². The Hall–Kier alpha value is -1.20. The highest BCUT2D eigenvalue weighted by atomic mass is 35.5. The molecule has 0 fully saturated rings. The molecule has 0 aromatic heterocycles. The summed E-state index contributed by atoms with van der Waals surface area (Å²) in [5.41, 5.74) is -0.0868. The number of aliphatic carboxylic acids is 1. The number of benzene rings is 1. The molecule has 2 atom stereocenters. The number of carbonyl (C=O) groups is 1. The molecule has 15 heavy (non-hydrogen) atoms. The number of carboxylic acid groups (broad SMARTS) is 1. The third kappa shape index (κ3) is 2.64. The molecule has 0 aliphatic carbocycles. The lowest BCUT2D eigenvalue weighted by Gasteiger charge is -2.12. The first-order chi connectivity index (χ1) is 6.93. The minimum atomic E-state index is -2.47. The third-order valence-corrected chi connectivity index (χ3v) is 2.09. The van der Waals surface area contributed by atoms with E-state index in [0.717, 1.165) is 18.2 Å². The topological polar surface area (TPSA) is 57.5 Å². The van der Waals surface area contributed by atoms with Crippen LogP contribution >= 0.6 is 11.6 Å². The van der Waals surface area contributed by atoms with Crippen molar-refractivity contribution in [1.29, 1.82) is 0 Å². The number of aliphatic hydroxyl groups excluding tert-OH is 1. The highest BCUT2D eigenvalue weighted by Crippen LogP contribution is 2.24. The van der Waals surface area contributed by atoms with Gasteiger partial charge in [0.15, 0.2) is 0 Å². The Balaban J connectivity index is 2.96. The van der Waals surface area contributed by atoms with Gasteiger partial charge in [0.05, 0.1) is 5.02 Å². The van der Waals surface area contributed by atoms with Gasteiger partial charge in [0, 0.05) is 0 Å². The van der Waals surface area contributed by atoms with Gasteiger partial charge in [0.2, 0.25) is 6.17 Å². The maximum absolute atomic E-state index is 12.9. The van der Waals surface area contributed by atoms with Crippen LogP contribution in [0.25, 0.3) is 0 Å². The predicted molar refractivity (Wildman–Crippen MR) is 48.9 cm³/mol. The van der Waals surface area contributed by atoms with Gasteiger partial charge in [-0.2, -0.15) is 0 Å². The van der Waals surface area contributed by atoms with Crippen LogP contribution in [-0.2, 0) is 4.79 Å². The van der Waals surface area contributed by atoms with Crippen LogP contribution in [0, 0.1) is 5.82 Å². The number of aliphatic hydroxyl groups is 1. The molecule has 82 valence electrons. The first-order valence-electron chi connectivity index (χ1n) is 3.93. The van der Waals surface area contributed by atoms with Gasteiger partial charge in [-0.05, 0) is 17.7 Å². The Morgan fingerprint density at radius 1 is 1.47 bits per heavy atom. The van der Waals surface area contributed by atoms with E-state index in [1.54, 1.807) is 0 Å². The van der Waals surface area contributed by atoms with E-state index in [4.69, 9.17) is 16.7 Å². The van der Waals surface area contributed by atoms with Crippen LogP contribution in [0.2, 0.25) is 5.02 Å². The molecule has 0 saturated carbocycles. The summed E-state index contributed by atoms with van der Waals surface area (Å²) in [5, 5.41) is 17.2. The van der Waals surface area contributed by atoms with Crippen molar-refractivity contribution in [3.63, 3.8) is 0 Å². The average Bonchev–Trinajstić information content (AvgIpc) is 2.19. The molecular formula is C9H7ClF2O3. The van der Waals surface area contributed by atoms with E-state index < -0.39 is 24.1 Å². The zero-order valence-electron chi connectivity index (χ0n) is 7.32. The minimum absolute atomic E-state index is 0.0868. The quantitative estimate of drug-likeness (QED) is 0.843. The largest absolute Gasteiger partial charge is 0.479 e. The molecule has 0 aliphatic heterocycles. The molecular weight excluding hydrogens is 230 g/mol. The number of hydrogen-bond donors (Lipinski definition) is 2. The van der Waals surface area contributed by atoms with Crippen LogP contribution in [0.4, 0.5) is 8.78 Å². The molecule has 1 aromatic rings. The fraction of sp³-hybridized carbons (Fsp3) is 0.222. The van der Waals surface area contributed by atoms with Crippen LogP contribution in [0.3, 0.4) is 0 Å². The molecule has 6 heteroatoms. The summed E-state index contributed by atoms with van der Waals surface area (Å²) in [7, 11) is 0. The monoisotopic (exact) mass is 236 g/mol. The summed E-state index contributed by atoms with van der Waals surface area (Å²) < 4.78 is 25.5. The Bertz CT molecular complexity index is 384. The molecule has 1 rings (SSSR count). The Morgan fingerprint density at radius 2 is 2.07 bits per heavy atom. The highest BCUT2D eigenvalue weighted by molar-refractivity contribution is 6.30. The first kappa shape index (κ1) is 11.9. The van der Waals surface area contributed by atoms with E-state index in [9.17, 15) is 18.7 Å². The van der Waals surface area contributed by atoms with Crippen molar-refractivity contribution in [3.05, 3.63) is 34.6 Å². The van der Waals surface area contributed by atoms with Crippen LogP contribution in [0.5, 0.6) is 0 Å². The van der Waals surface area contributed by atoms with Crippen molar-refractivity contribution < 1.29 is 23.8 Å². The maximum Gasteiger partial charge on any atom is 0.341 e. The SMILES string of the molecule is O=C(O)C(F)C(O)c1ccc(F)c(Cl)c1.